The van der Waals surface area contributed by atoms with Gasteiger partial charge in [-0.25, -0.2) is 0 Å². The zero-order valence-corrected chi connectivity index (χ0v) is 13.2. The molecule has 0 aliphatic rings. The van der Waals surface area contributed by atoms with Crippen LogP contribution in [-0.4, -0.2) is 5.78 Å². The second-order valence-electron chi connectivity index (χ2n) is 3.61. The average molecular weight is 374 g/mol. The van der Waals surface area contributed by atoms with Gasteiger partial charge in [-0.1, -0.05) is 31.2 Å². The normalized spacial score (nSPS) is 10.5. The van der Waals surface area contributed by atoms with Gasteiger partial charge in [0, 0.05) is 10.0 Å². The van der Waals surface area contributed by atoms with E-state index in [1.165, 1.54) is 16.9 Å². The van der Waals surface area contributed by atoms with Gasteiger partial charge in [-0.15, -0.1) is 11.3 Å². The fourth-order valence-electron chi connectivity index (χ4n) is 1.49. The molecule has 0 fully saturated rings. The molecule has 0 unspecified atom stereocenters. The van der Waals surface area contributed by atoms with Crippen molar-refractivity contribution in [1.29, 1.82) is 0 Å². The van der Waals surface area contributed by atoms with E-state index in [9.17, 15) is 4.79 Å². The summed E-state index contributed by atoms with van der Waals surface area (Å²) in [5, 5.41) is 0. The number of halogens is 2. The molecule has 1 aromatic carbocycles. The molecule has 0 atom stereocenters. The number of aryl methyl sites for hydroxylation is 1. The minimum absolute atomic E-state index is 0.0732. The first-order valence-corrected chi connectivity index (χ1v) is 7.60. The van der Waals surface area contributed by atoms with E-state index in [0.29, 0.717) is 0 Å². The van der Waals surface area contributed by atoms with E-state index in [4.69, 9.17) is 0 Å². The summed E-state index contributed by atoms with van der Waals surface area (Å²) in [6, 6.07) is 9.64. The molecular formula is C13H10Br2OS. The number of benzene rings is 1. The Balaban J connectivity index is 2.30. The van der Waals surface area contributed by atoms with E-state index in [-0.39, 0.29) is 5.78 Å². The highest BCUT2D eigenvalue weighted by atomic mass is 79.9. The SMILES string of the molecule is CCc1ccc(C(=O)c2cc(Br)c(Br)s2)cc1. The van der Waals surface area contributed by atoms with Crippen LogP contribution < -0.4 is 0 Å². The number of hydrogen-bond donors (Lipinski definition) is 0. The van der Waals surface area contributed by atoms with Crippen molar-refractivity contribution in [2.75, 3.05) is 0 Å². The molecule has 0 bridgehead atoms. The van der Waals surface area contributed by atoms with Gasteiger partial charge in [0.05, 0.1) is 8.66 Å². The van der Waals surface area contributed by atoms with Gasteiger partial charge in [-0.3, -0.25) is 4.79 Å². The zero-order chi connectivity index (χ0) is 12.4. The third kappa shape index (κ3) is 2.87. The molecule has 0 aliphatic heterocycles. The Morgan fingerprint density at radius 2 is 1.88 bits per heavy atom. The number of hydrogen-bond acceptors (Lipinski definition) is 2. The second kappa shape index (κ2) is 5.46. The topological polar surface area (TPSA) is 17.1 Å². The molecule has 2 rings (SSSR count). The van der Waals surface area contributed by atoms with Crippen LogP contribution in [0.5, 0.6) is 0 Å². The number of carbonyl (C=O) groups is 1. The van der Waals surface area contributed by atoms with E-state index >= 15 is 0 Å². The van der Waals surface area contributed by atoms with Crippen LogP contribution in [0.15, 0.2) is 38.6 Å². The first-order valence-electron chi connectivity index (χ1n) is 5.20. The fourth-order valence-corrected chi connectivity index (χ4v) is 3.49. The van der Waals surface area contributed by atoms with Gasteiger partial charge in [0.1, 0.15) is 0 Å². The predicted molar refractivity (Wildman–Crippen MR) is 79.0 cm³/mol. The summed E-state index contributed by atoms with van der Waals surface area (Å²) in [4.78, 5) is 12.9. The molecule has 0 amide bonds. The van der Waals surface area contributed by atoms with Gasteiger partial charge in [-0.05, 0) is 49.9 Å². The quantitative estimate of drug-likeness (QED) is 0.686. The van der Waals surface area contributed by atoms with E-state index in [0.717, 1.165) is 25.1 Å². The van der Waals surface area contributed by atoms with Crippen LogP contribution in [-0.2, 0) is 6.42 Å². The largest absolute Gasteiger partial charge is 0.288 e. The average Bonchev–Trinajstić information content (AvgIpc) is 2.69. The molecule has 1 heterocycles. The van der Waals surface area contributed by atoms with Crippen molar-refractivity contribution >= 4 is 49.0 Å². The molecule has 1 nitrogen and oxygen atoms in total. The van der Waals surface area contributed by atoms with Crippen molar-refractivity contribution in [2.45, 2.75) is 13.3 Å². The van der Waals surface area contributed by atoms with E-state index in [1.807, 2.05) is 30.3 Å². The molecule has 0 radical (unpaired) electrons. The highest BCUT2D eigenvalue weighted by Crippen LogP contribution is 2.33. The summed E-state index contributed by atoms with van der Waals surface area (Å²) in [5.74, 6) is 0.0732. The lowest BCUT2D eigenvalue weighted by atomic mass is 10.1. The molecule has 88 valence electrons. The number of rotatable bonds is 3. The monoisotopic (exact) mass is 372 g/mol. The molecule has 0 N–H and O–H groups in total. The van der Waals surface area contributed by atoms with Gasteiger partial charge in [0.2, 0.25) is 5.78 Å². The summed E-state index contributed by atoms with van der Waals surface area (Å²) in [6.45, 7) is 2.10. The molecule has 0 saturated heterocycles. The number of carbonyl (C=O) groups excluding carboxylic acids is 1. The third-order valence-electron chi connectivity index (χ3n) is 2.49. The Kier molecular flexibility index (Phi) is 4.17. The highest BCUT2D eigenvalue weighted by Gasteiger charge is 2.13. The maximum Gasteiger partial charge on any atom is 0.203 e. The Morgan fingerprint density at radius 3 is 2.35 bits per heavy atom. The summed E-state index contributed by atoms with van der Waals surface area (Å²) in [7, 11) is 0. The van der Waals surface area contributed by atoms with Gasteiger partial charge in [0.25, 0.3) is 0 Å². The number of thiophene rings is 1. The Bertz CT molecular complexity index is 524. The summed E-state index contributed by atoms with van der Waals surface area (Å²) in [5.41, 5.74) is 1.98. The summed E-state index contributed by atoms with van der Waals surface area (Å²) < 4.78 is 1.88. The third-order valence-corrected chi connectivity index (χ3v) is 5.75. The van der Waals surface area contributed by atoms with Gasteiger partial charge in [-0.2, -0.15) is 0 Å². The number of ketones is 1. The molecule has 0 saturated carbocycles. The molecule has 17 heavy (non-hydrogen) atoms. The molecule has 0 aliphatic carbocycles. The van der Waals surface area contributed by atoms with Gasteiger partial charge in [0.15, 0.2) is 0 Å². The van der Waals surface area contributed by atoms with Crippen LogP contribution in [0, 0.1) is 0 Å². The van der Waals surface area contributed by atoms with Crippen LogP contribution >= 0.6 is 43.2 Å². The van der Waals surface area contributed by atoms with Crippen molar-refractivity contribution in [3.05, 3.63) is 54.6 Å². The Morgan fingerprint density at radius 1 is 1.24 bits per heavy atom. The minimum Gasteiger partial charge on any atom is -0.288 e. The van der Waals surface area contributed by atoms with Crippen molar-refractivity contribution in [2.24, 2.45) is 0 Å². The van der Waals surface area contributed by atoms with E-state index in [1.54, 1.807) is 0 Å². The lowest BCUT2D eigenvalue weighted by Crippen LogP contribution is -1.98. The van der Waals surface area contributed by atoms with Crippen LogP contribution in [0.2, 0.25) is 0 Å². The Hall–Kier alpha value is -0.450. The van der Waals surface area contributed by atoms with Crippen molar-refractivity contribution in [3.8, 4) is 0 Å². The lowest BCUT2D eigenvalue weighted by Gasteiger charge is -2.00. The maximum absolute atomic E-state index is 12.2. The fraction of sp³-hybridized carbons (Fsp3) is 0.154. The lowest BCUT2D eigenvalue weighted by molar-refractivity contribution is 0.104. The molecule has 2 aromatic rings. The van der Waals surface area contributed by atoms with Crippen molar-refractivity contribution < 1.29 is 4.79 Å². The summed E-state index contributed by atoms with van der Waals surface area (Å²) >= 11 is 8.24. The van der Waals surface area contributed by atoms with Crippen LogP contribution in [0.25, 0.3) is 0 Å². The van der Waals surface area contributed by atoms with Crippen LogP contribution in [0.1, 0.15) is 27.7 Å². The van der Waals surface area contributed by atoms with Gasteiger partial charge < -0.3 is 0 Å². The smallest absolute Gasteiger partial charge is 0.203 e. The highest BCUT2D eigenvalue weighted by molar-refractivity contribution is 9.13. The first-order chi connectivity index (χ1) is 8.11. The Labute approximate surface area is 121 Å². The van der Waals surface area contributed by atoms with E-state index < -0.39 is 0 Å². The molecule has 4 heteroatoms. The minimum atomic E-state index is 0.0732. The second-order valence-corrected chi connectivity index (χ2v) is 6.84. The summed E-state index contributed by atoms with van der Waals surface area (Å²) in [6.07, 6.45) is 0.991. The van der Waals surface area contributed by atoms with E-state index in [2.05, 4.69) is 38.8 Å². The van der Waals surface area contributed by atoms with Crippen LogP contribution in [0.4, 0.5) is 0 Å². The predicted octanol–water partition coefficient (Wildman–Crippen LogP) is 5.07. The van der Waals surface area contributed by atoms with Crippen LogP contribution in [0.3, 0.4) is 0 Å². The maximum atomic E-state index is 12.2. The van der Waals surface area contributed by atoms with Gasteiger partial charge >= 0.3 is 0 Å². The first kappa shape index (κ1) is 13.0. The standard InChI is InChI=1S/C13H10Br2OS/c1-2-8-3-5-9(6-4-8)12(16)11-7-10(14)13(15)17-11/h3-7H,2H2,1H3. The molecule has 1 aromatic heterocycles. The van der Waals surface area contributed by atoms with Crippen molar-refractivity contribution in [3.63, 3.8) is 0 Å². The van der Waals surface area contributed by atoms with Crippen molar-refractivity contribution in [1.82, 2.24) is 0 Å². The zero-order valence-electron chi connectivity index (χ0n) is 9.17. The molecular weight excluding hydrogens is 364 g/mol. The molecule has 0 spiro atoms.